The molecule has 1 unspecified atom stereocenters. The number of unbranched alkanes of at least 4 members (excludes halogenated alkanes) is 1. The summed E-state index contributed by atoms with van der Waals surface area (Å²) in [5, 5.41) is 0.840. The zero-order valence-corrected chi connectivity index (χ0v) is 34.1. The van der Waals surface area contributed by atoms with Crippen molar-refractivity contribution in [2.24, 2.45) is 5.92 Å². The highest BCUT2D eigenvalue weighted by Gasteiger charge is 2.17. The van der Waals surface area contributed by atoms with Gasteiger partial charge in [0.05, 0.1) is 12.0 Å². The van der Waals surface area contributed by atoms with Crippen LogP contribution in [-0.2, 0) is 11.2 Å². The maximum Gasteiger partial charge on any atom is 0.0971 e. The van der Waals surface area contributed by atoms with E-state index in [0.29, 0.717) is 12.8 Å². The quantitative estimate of drug-likeness (QED) is 0.251. The fourth-order valence-corrected chi connectivity index (χ4v) is 2.13. The van der Waals surface area contributed by atoms with E-state index in [4.69, 9.17) is 16.3 Å². The van der Waals surface area contributed by atoms with Crippen molar-refractivity contribution in [1.82, 2.24) is 0 Å². The van der Waals surface area contributed by atoms with Crippen molar-refractivity contribution in [2.45, 2.75) is 160 Å². The van der Waals surface area contributed by atoms with Crippen molar-refractivity contribution < 1.29 is 13.5 Å². The zero-order valence-electron chi connectivity index (χ0n) is 33.4. The number of methoxy groups -OCH3 is 1. The molecule has 0 heterocycles. The van der Waals surface area contributed by atoms with E-state index >= 15 is 0 Å². The summed E-state index contributed by atoms with van der Waals surface area (Å²) in [5.74, 6) is 0.889. The number of benzene rings is 2. The van der Waals surface area contributed by atoms with Crippen LogP contribution in [0.4, 0.5) is 8.78 Å². The molecule has 2 aromatic carbocycles. The molecule has 0 aliphatic heterocycles. The summed E-state index contributed by atoms with van der Waals surface area (Å²) in [7, 11) is 1.71. The number of hydrogen-bond donors (Lipinski definition) is 0. The number of hydrogen-bond acceptors (Lipinski definition) is 1. The third kappa shape index (κ3) is 75.8. The van der Waals surface area contributed by atoms with Crippen LogP contribution in [0.5, 0.6) is 0 Å². The van der Waals surface area contributed by atoms with E-state index < -0.39 is 6.17 Å². The zero-order chi connectivity index (χ0) is 37.7. The lowest BCUT2D eigenvalue weighted by molar-refractivity contribution is 0.199. The molecular weight excluding hydrogens is 606 g/mol. The van der Waals surface area contributed by atoms with E-state index in [1.54, 1.807) is 21.0 Å². The third-order valence-corrected chi connectivity index (χ3v) is 6.17. The van der Waals surface area contributed by atoms with Crippen LogP contribution in [0.2, 0.25) is 5.02 Å². The van der Waals surface area contributed by atoms with Crippen molar-refractivity contribution in [3.05, 3.63) is 95.8 Å². The molecule has 1 saturated carbocycles. The number of alkyl halides is 1. The molecule has 0 saturated heterocycles. The number of allylic oxidation sites excluding steroid dienone is 2. The maximum absolute atomic E-state index is 11.4. The van der Waals surface area contributed by atoms with Gasteiger partial charge in [-0.15, -0.1) is 6.58 Å². The van der Waals surface area contributed by atoms with Gasteiger partial charge < -0.3 is 4.74 Å². The summed E-state index contributed by atoms with van der Waals surface area (Å²) in [5.41, 5.74) is 2.54. The monoisotopic (exact) mass is 685 g/mol. The molecule has 2 aromatic rings. The minimum Gasteiger partial charge on any atom is -0.385 e. The molecule has 47 heavy (non-hydrogen) atoms. The van der Waals surface area contributed by atoms with Gasteiger partial charge in [0.1, 0.15) is 0 Å². The van der Waals surface area contributed by atoms with Crippen LogP contribution in [0.1, 0.15) is 151 Å². The molecule has 4 heteroatoms. The summed E-state index contributed by atoms with van der Waals surface area (Å²) in [6.07, 6.45) is 14.0. The van der Waals surface area contributed by atoms with Gasteiger partial charge in [-0.05, 0) is 69.1 Å². The molecule has 1 aliphatic carbocycles. The van der Waals surface area contributed by atoms with E-state index in [1.807, 2.05) is 50.3 Å². The van der Waals surface area contributed by atoms with E-state index in [-0.39, 0.29) is 5.83 Å². The number of ether oxygens (including phenoxy) is 1. The molecule has 278 valence electrons. The fourth-order valence-electron chi connectivity index (χ4n) is 1.99. The van der Waals surface area contributed by atoms with Crippen LogP contribution >= 0.6 is 11.6 Å². The predicted octanol–water partition coefficient (Wildman–Crippen LogP) is 16.2. The van der Waals surface area contributed by atoms with Gasteiger partial charge in [-0.1, -0.05) is 181 Å². The van der Waals surface area contributed by atoms with Crippen molar-refractivity contribution in [1.29, 1.82) is 0 Å². The lowest BCUT2D eigenvalue weighted by Gasteiger charge is -1.90. The van der Waals surface area contributed by atoms with E-state index in [9.17, 15) is 8.78 Å². The van der Waals surface area contributed by atoms with Gasteiger partial charge in [-0.3, -0.25) is 0 Å². The van der Waals surface area contributed by atoms with E-state index in [2.05, 4.69) is 92.8 Å². The van der Waals surface area contributed by atoms with Crippen LogP contribution in [0.25, 0.3) is 0 Å². The highest BCUT2D eigenvalue weighted by Crippen LogP contribution is 2.31. The molecule has 0 aromatic heterocycles. The second kappa shape index (κ2) is 53.5. The van der Waals surface area contributed by atoms with Gasteiger partial charge in [0.25, 0.3) is 0 Å². The Labute approximate surface area is 299 Å². The topological polar surface area (TPSA) is 9.23 Å². The Balaban J connectivity index is -0.000000103. The first kappa shape index (κ1) is 57.3. The molecule has 0 radical (unpaired) electrons. The molecule has 1 atom stereocenters. The van der Waals surface area contributed by atoms with Crippen LogP contribution in [0.15, 0.2) is 79.7 Å². The highest BCUT2D eigenvalue weighted by atomic mass is 35.5. The van der Waals surface area contributed by atoms with Crippen LogP contribution < -0.4 is 0 Å². The Bertz CT molecular complexity index is 777. The Hall–Kier alpha value is -1.97. The van der Waals surface area contributed by atoms with Gasteiger partial charge in [-0.25, -0.2) is 8.78 Å². The van der Waals surface area contributed by atoms with Crippen LogP contribution in [-0.4, -0.2) is 19.9 Å². The molecular formula is C43H79ClF2O. The summed E-state index contributed by atoms with van der Waals surface area (Å²) < 4.78 is 27.4. The molecule has 1 aliphatic rings. The Kier molecular flexibility index (Phi) is 65.3. The SMILES string of the molecule is C=C(F)CC.C=CCC.CCC.CCC(C)F.CCC1CC1.CCCC.CCCOC.CCc1ccccc1.Cc1ccccc1Cl. The molecule has 0 spiro atoms. The Morgan fingerprint density at radius 3 is 1.40 bits per heavy atom. The Morgan fingerprint density at radius 2 is 1.28 bits per heavy atom. The van der Waals surface area contributed by atoms with Gasteiger partial charge >= 0.3 is 0 Å². The summed E-state index contributed by atoms with van der Waals surface area (Å²) in [4.78, 5) is 0. The molecule has 3 rings (SSSR count). The molecule has 0 amide bonds. The van der Waals surface area contributed by atoms with E-state index in [1.165, 1.54) is 44.1 Å². The summed E-state index contributed by atoms with van der Waals surface area (Å²) in [6.45, 7) is 31.7. The van der Waals surface area contributed by atoms with Crippen LogP contribution in [0, 0.1) is 12.8 Å². The minimum absolute atomic E-state index is 0.245. The minimum atomic E-state index is -0.616. The number of rotatable bonds is 8. The molecule has 0 N–H and O–H groups in total. The lowest BCUT2D eigenvalue weighted by Crippen LogP contribution is -1.83. The first-order valence-electron chi connectivity index (χ1n) is 18.2. The average Bonchev–Trinajstić information content (AvgIpc) is 3.94. The first-order valence-corrected chi connectivity index (χ1v) is 18.6. The van der Waals surface area contributed by atoms with Gasteiger partial charge in [0.2, 0.25) is 0 Å². The number of aryl methyl sites for hydroxylation is 2. The summed E-state index contributed by atoms with van der Waals surface area (Å²) in [6, 6.07) is 18.2. The average molecular weight is 686 g/mol. The normalized spacial score (nSPS) is 10.5. The standard InChI is InChI=1S/C8H10.C7H7Cl.C5H10.C4H9F.C4H7F.C4H10O.C4H10.C4H8.C3H8/c1-2-8-6-4-3-5-7-8;1-6-4-2-3-5-7(6)8;1-2-5-3-4-5;2*1-3-4(2)5;1-3-4-5-2;2*1-3-4-2;1-3-2/h3-7H,2H2,1H3;2-5H,1H3;5H,2-4H2,1H3;4H,3H2,1-2H3;2-3H2,1H3;3-4H2,1-2H3;3-4H2,1-2H3;3H,1,4H2,2H3;3H2,1-2H3. The molecule has 1 nitrogen and oxygen atoms in total. The van der Waals surface area contributed by atoms with Crippen molar-refractivity contribution in [3.8, 4) is 0 Å². The lowest BCUT2D eigenvalue weighted by atomic mass is 10.2. The second-order valence-electron chi connectivity index (χ2n) is 10.9. The number of halogens is 3. The van der Waals surface area contributed by atoms with Crippen LogP contribution in [0.3, 0.4) is 0 Å². The smallest absolute Gasteiger partial charge is 0.0971 e. The third-order valence-electron chi connectivity index (χ3n) is 5.75. The van der Waals surface area contributed by atoms with Crippen molar-refractivity contribution >= 4 is 11.6 Å². The largest absolute Gasteiger partial charge is 0.385 e. The molecule has 0 bridgehead atoms. The van der Waals surface area contributed by atoms with E-state index in [0.717, 1.165) is 42.4 Å². The van der Waals surface area contributed by atoms with Gasteiger partial charge in [-0.2, -0.15) is 0 Å². The first-order chi connectivity index (χ1) is 22.4. The molecule has 1 fully saturated rings. The van der Waals surface area contributed by atoms with Gasteiger partial charge in [0, 0.05) is 18.7 Å². The Morgan fingerprint density at radius 1 is 0.872 bits per heavy atom. The van der Waals surface area contributed by atoms with Crippen molar-refractivity contribution in [3.63, 3.8) is 0 Å². The highest BCUT2D eigenvalue weighted by molar-refractivity contribution is 6.31. The second-order valence-corrected chi connectivity index (χ2v) is 11.3. The fraction of sp³-hybridized carbons (Fsp3) is 0.628. The summed E-state index contributed by atoms with van der Waals surface area (Å²) >= 11 is 5.71. The predicted molar refractivity (Wildman–Crippen MR) is 216 cm³/mol. The van der Waals surface area contributed by atoms with Gasteiger partial charge in [0.15, 0.2) is 0 Å². The van der Waals surface area contributed by atoms with Crippen molar-refractivity contribution in [2.75, 3.05) is 13.7 Å². The maximum atomic E-state index is 11.4.